The highest BCUT2D eigenvalue weighted by atomic mass is 32.2. The Hall–Kier alpha value is -3.20. The average Bonchev–Trinajstić information content (AvgIpc) is 2.79. The van der Waals surface area contributed by atoms with Crippen LogP contribution < -0.4 is 16.4 Å². The zero-order valence-electron chi connectivity index (χ0n) is 18.2. The average molecular weight is 460 g/mol. The van der Waals surface area contributed by atoms with Gasteiger partial charge in [0.25, 0.3) is 0 Å². The van der Waals surface area contributed by atoms with Crippen LogP contribution in [-0.2, 0) is 31.7 Å². The lowest BCUT2D eigenvalue weighted by Crippen LogP contribution is -2.55. The van der Waals surface area contributed by atoms with Crippen LogP contribution in [0.15, 0.2) is 65.6 Å². The molecular weight excluding hydrogens is 430 g/mol. The van der Waals surface area contributed by atoms with Gasteiger partial charge in [0.15, 0.2) is 0 Å². The minimum Gasteiger partial charge on any atom is -0.445 e. The van der Waals surface area contributed by atoms with E-state index < -0.39 is 40.8 Å². The van der Waals surface area contributed by atoms with Crippen molar-refractivity contribution in [3.63, 3.8) is 0 Å². The normalized spacial score (nSPS) is 13.6. The van der Waals surface area contributed by atoms with E-state index in [-0.39, 0.29) is 24.7 Å². The number of hydrogen-bond donors (Lipinski definition) is 3. The molecule has 2 aromatic rings. The molecule has 2 aromatic carbocycles. The van der Waals surface area contributed by atoms with E-state index in [0.29, 0.717) is 4.90 Å². The summed E-state index contributed by atoms with van der Waals surface area (Å²) >= 11 is 0. The van der Waals surface area contributed by atoms with E-state index in [1.165, 1.54) is 0 Å². The second-order valence-corrected chi connectivity index (χ2v) is 9.11. The van der Waals surface area contributed by atoms with E-state index in [1.807, 2.05) is 36.4 Å². The van der Waals surface area contributed by atoms with Crippen molar-refractivity contribution in [1.82, 2.24) is 10.6 Å². The quantitative estimate of drug-likeness (QED) is 0.474. The molecule has 0 spiro atoms. The van der Waals surface area contributed by atoms with Crippen molar-refractivity contribution >= 4 is 28.7 Å². The maximum atomic E-state index is 12.8. The lowest BCUT2D eigenvalue weighted by molar-refractivity contribution is -0.129. The van der Waals surface area contributed by atoms with Crippen molar-refractivity contribution < 1.29 is 23.3 Å². The first kappa shape index (κ1) is 25.1. The summed E-state index contributed by atoms with van der Waals surface area (Å²) in [7, 11) is -1.33. The van der Waals surface area contributed by atoms with Crippen LogP contribution in [0.5, 0.6) is 0 Å². The number of alkyl carbamates (subject to hydrolysis) is 1. The molecule has 9 heteroatoms. The predicted molar refractivity (Wildman–Crippen MR) is 122 cm³/mol. The van der Waals surface area contributed by atoms with Crippen LogP contribution in [0.25, 0.3) is 0 Å². The molecule has 8 nitrogen and oxygen atoms in total. The van der Waals surface area contributed by atoms with Gasteiger partial charge in [-0.25, -0.2) is 4.79 Å². The number of benzene rings is 2. The van der Waals surface area contributed by atoms with Crippen molar-refractivity contribution in [2.24, 2.45) is 11.7 Å². The summed E-state index contributed by atoms with van der Waals surface area (Å²) in [6.07, 6.45) is -0.644. The molecule has 0 bridgehead atoms. The first-order valence-corrected chi connectivity index (χ1v) is 11.6. The molecular formula is C23H29N3O5S. The van der Waals surface area contributed by atoms with Crippen LogP contribution in [-0.4, -0.2) is 40.0 Å². The van der Waals surface area contributed by atoms with E-state index in [1.54, 1.807) is 38.1 Å². The zero-order valence-corrected chi connectivity index (χ0v) is 19.0. The first-order valence-electron chi connectivity index (χ1n) is 10.3. The van der Waals surface area contributed by atoms with Crippen molar-refractivity contribution in [2.75, 3.05) is 5.75 Å². The van der Waals surface area contributed by atoms with Gasteiger partial charge in [0.2, 0.25) is 11.8 Å². The fourth-order valence-electron chi connectivity index (χ4n) is 2.89. The Morgan fingerprint density at radius 3 is 2.12 bits per heavy atom. The highest BCUT2D eigenvalue weighted by Gasteiger charge is 2.28. The lowest BCUT2D eigenvalue weighted by atomic mass is 10.0. The van der Waals surface area contributed by atoms with E-state index in [9.17, 15) is 18.6 Å². The summed E-state index contributed by atoms with van der Waals surface area (Å²) in [5, 5.41) is 5.10. The molecule has 0 saturated carbocycles. The Kier molecular flexibility index (Phi) is 9.87. The van der Waals surface area contributed by atoms with Gasteiger partial charge in [-0.3, -0.25) is 13.8 Å². The molecule has 0 unspecified atom stereocenters. The molecule has 4 N–H and O–H groups in total. The molecule has 0 aliphatic carbocycles. The fraction of sp³-hybridized carbons (Fsp3) is 0.348. The van der Waals surface area contributed by atoms with Gasteiger partial charge in [0.1, 0.15) is 18.7 Å². The van der Waals surface area contributed by atoms with Gasteiger partial charge < -0.3 is 21.1 Å². The molecule has 0 radical (unpaired) electrons. The summed E-state index contributed by atoms with van der Waals surface area (Å²) in [5.74, 6) is -1.42. The Bertz CT molecular complexity index is 922. The molecule has 32 heavy (non-hydrogen) atoms. The predicted octanol–water partition coefficient (Wildman–Crippen LogP) is 2.11. The topological polar surface area (TPSA) is 128 Å². The van der Waals surface area contributed by atoms with Crippen molar-refractivity contribution in [3.05, 3.63) is 66.2 Å². The van der Waals surface area contributed by atoms with Crippen LogP contribution in [0, 0.1) is 5.92 Å². The highest BCUT2D eigenvalue weighted by molar-refractivity contribution is 7.85. The van der Waals surface area contributed by atoms with Crippen LogP contribution in [0.1, 0.15) is 25.8 Å². The first-order chi connectivity index (χ1) is 15.3. The molecule has 172 valence electrons. The second kappa shape index (κ2) is 12.6. The van der Waals surface area contributed by atoms with Gasteiger partial charge in [-0.2, -0.15) is 0 Å². The van der Waals surface area contributed by atoms with Crippen LogP contribution in [0.4, 0.5) is 4.79 Å². The largest absolute Gasteiger partial charge is 0.445 e. The van der Waals surface area contributed by atoms with Crippen LogP contribution in [0.3, 0.4) is 0 Å². The van der Waals surface area contributed by atoms with Gasteiger partial charge in [0, 0.05) is 10.6 Å². The third-order valence-electron chi connectivity index (χ3n) is 4.69. The number of primary amides is 1. The monoisotopic (exact) mass is 459 g/mol. The maximum absolute atomic E-state index is 12.8. The summed E-state index contributed by atoms with van der Waals surface area (Å²) in [6.45, 7) is 3.57. The number of hydrogen-bond acceptors (Lipinski definition) is 5. The van der Waals surface area contributed by atoms with Gasteiger partial charge in [-0.05, 0) is 30.0 Å². The standard InChI is InChI=1S/C23H29N3O5S/c1-16(2)20(26-23(29)31-15-17-9-5-3-6-10-17)22(28)25-19(21(24)27)13-14-32(30)18-11-7-4-8-12-18/h3-12,16,19-20H,13-15H2,1-2H3,(H2,24,27)(H,25,28)(H,26,29)/t19-,20+,32+/m1/s1. The molecule has 0 aliphatic heterocycles. The fourth-order valence-corrected chi connectivity index (χ4v) is 4.03. The third-order valence-corrected chi connectivity index (χ3v) is 6.10. The minimum atomic E-state index is -1.33. The number of nitrogens with two attached hydrogens (primary N) is 1. The summed E-state index contributed by atoms with van der Waals surface area (Å²) in [4.78, 5) is 37.4. The molecule has 3 atom stereocenters. The number of amides is 3. The van der Waals surface area contributed by atoms with Crippen molar-refractivity contribution in [2.45, 2.75) is 43.9 Å². The Morgan fingerprint density at radius 1 is 0.969 bits per heavy atom. The van der Waals surface area contributed by atoms with E-state index in [0.717, 1.165) is 5.56 Å². The number of carbonyl (C=O) groups excluding carboxylic acids is 3. The zero-order chi connectivity index (χ0) is 23.5. The van der Waals surface area contributed by atoms with E-state index in [4.69, 9.17) is 10.5 Å². The molecule has 0 saturated heterocycles. The summed E-state index contributed by atoms with van der Waals surface area (Å²) in [6, 6.07) is 16.0. The number of nitrogens with one attached hydrogen (secondary N) is 2. The van der Waals surface area contributed by atoms with Gasteiger partial charge >= 0.3 is 6.09 Å². The van der Waals surface area contributed by atoms with Crippen molar-refractivity contribution in [1.29, 1.82) is 0 Å². The van der Waals surface area contributed by atoms with Gasteiger partial charge in [-0.1, -0.05) is 62.4 Å². The lowest BCUT2D eigenvalue weighted by Gasteiger charge is -2.24. The minimum absolute atomic E-state index is 0.0638. The number of carbonyl (C=O) groups is 3. The van der Waals surface area contributed by atoms with Crippen LogP contribution >= 0.6 is 0 Å². The summed E-state index contributed by atoms with van der Waals surface area (Å²) in [5.41, 5.74) is 6.25. The van der Waals surface area contributed by atoms with Crippen molar-refractivity contribution in [3.8, 4) is 0 Å². The summed E-state index contributed by atoms with van der Waals surface area (Å²) < 4.78 is 17.6. The Labute approximate surface area is 190 Å². The SMILES string of the molecule is CC(C)[C@H](NC(=O)OCc1ccccc1)C(=O)N[C@H](CC[S@](=O)c1ccccc1)C(N)=O. The Morgan fingerprint density at radius 2 is 1.56 bits per heavy atom. The second-order valence-electron chi connectivity index (χ2n) is 7.54. The number of rotatable bonds is 11. The third kappa shape index (κ3) is 8.14. The molecule has 0 aliphatic rings. The smallest absolute Gasteiger partial charge is 0.408 e. The number of ether oxygens (including phenoxy) is 1. The van der Waals surface area contributed by atoms with E-state index in [2.05, 4.69) is 10.6 Å². The molecule has 2 rings (SSSR count). The molecule has 0 aromatic heterocycles. The molecule has 0 fully saturated rings. The van der Waals surface area contributed by atoms with Gasteiger partial charge in [-0.15, -0.1) is 0 Å². The molecule has 0 heterocycles. The maximum Gasteiger partial charge on any atom is 0.408 e. The highest BCUT2D eigenvalue weighted by Crippen LogP contribution is 2.09. The Balaban J connectivity index is 1.92. The van der Waals surface area contributed by atoms with Crippen LogP contribution in [0.2, 0.25) is 0 Å². The molecule has 3 amide bonds. The van der Waals surface area contributed by atoms with Gasteiger partial charge in [0.05, 0.1) is 10.8 Å². The van der Waals surface area contributed by atoms with E-state index >= 15 is 0 Å².